The van der Waals surface area contributed by atoms with Crippen LogP contribution in [-0.4, -0.2) is 32.0 Å². The van der Waals surface area contributed by atoms with Crippen molar-refractivity contribution in [2.45, 2.75) is 43.3 Å². The molecule has 0 radical (unpaired) electrons. The number of aromatic nitrogens is 3. The van der Waals surface area contributed by atoms with E-state index in [1.54, 1.807) is 6.26 Å². The minimum absolute atomic E-state index is 0.0845. The Morgan fingerprint density at radius 3 is 2.66 bits per heavy atom. The number of furan rings is 1. The molecule has 2 atom stereocenters. The lowest BCUT2D eigenvalue weighted by Crippen LogP contribution is -2.40. The number of hydrogen-bond acceptors (Lipinski definition) is 5. The predicted molar refractivity (Wildman–Crippen MR) is 126 cm³/mol. The molecule has 1 aliphatic heterocycles. The summed E-state index contributed by atoms with van der Waals surface area (Å²) in [5, 5.41) is 9.20. The van der Waals surface area contributed by atoms with Crippen LogP contribution in [0.4, 0.5) is 5.69 Å². The van der Waals surface area contributed by atoms with Crippen LogP contribution in [-0.2, 0) is 17.8 Å². The van der Waals surface area contributed by atoms with E-state index in [-0.39, 0.29) is 17.2 Å². The highest BCUT2D eigenvalue weighted by molar-refractivity contribution is 8.00. The lowest BCUT2D eigenvalue weighted by Gasteiger charge is -2.25. The largest absolute Gasteiger partial charge is 0.461 e. The van der Waals surface area contributed by atoms with Gasteiger partial charge in [-0.1, -0.05) is 60.3 Å². The molecule has 7 heteroatoms. The number of para-hydroxylation sites is 1. The van der Waals surface area contributed by atoms with Gasteiger partial charge in [-0.25, -0.2) is 0 Å². The summed E-state index contributed by atoms with van der Waals surface area (Å²) in [6.07, 6.45) is 2.51. The zero-order valence-corrected chi connectivity index (χ0v) is 18.8. The first kappa shape index (κ1) is 20.6. The van der Waals surface area contributed by atoms with E-state index in [9.17, 15) is 4.79 Å². The number of carbonyl (C=O) groups is 1. The number of carbonyl (C=O) groups excluding carboxylic acids is 1. The third-order valence-electron chi connectivity index (χ3n) is 5.72. The van der Waals surface area contributed by atoms with Crippen molar-refractivity contribution in [3.63, 3.8) is 0 Å². The minimum Gasteiger partial charge on any atom is -0.461 e. The number of fused-ring (bicyclic) bond motifs is 1. The molecular weight excluding hydrogens is 420 g/mol. The van der Waals surface area contributed by atoms with Gasteiger partial charge in [-0.3, -0.25) is 9.36 Å². The maximum absolute atomic E-state index is 13.5. The summed E-state index contributed by atoms with van der Waals surface area (Å²) in [7, 11) is 0. The Kier molecular flexibility index (Phi) is 5.57. The first-order valence-corrected chi connectivity index (χ1v) is 11.6. The summed E-state index contributed by atoms with van der Waals surface area (Å²) in [5.74, 6) is 1.39. The van der Waals surface area contributed by atoms with Crippen molar-refractivity contribution in [2.24, 2.45) is 0 Å². The molecule has 1 aliphatic rings. The van der Waals surface area contributed by atoms with Gasteiger partial charge in [0.25, 0.3) is 0 Å². The summed E-state index contributed by atoms with van der Waals surface area (Å²) in [6, 6.07) is 22.1. The molecule has 0 saturated heterocycles. The molecule has 4 aromatic rings. The lowest BCUT2D eigenvalue weighted by molar-refractivity contribution is -0.118. The van der Waals surface area contributed by atoms with E-state index in [2.05, 4.69) is 35.3 Å². The van der Waals surface area contributed by atoms with Crippen LogP contribution in [0.15, 0.2) is 82.6 Å². The summed E-state index contributed by atoms with van der Waals surface area (Å²) >= 11 is 1.44. The second-order valence-electron chi connectivity index (χ2n) is 8.01. The van der Waals surface area contributed by atoms with E-state index in [0.717, 1.165) is 17.7 Å². The van der Waals surface area contributed by atoms with Gasteiger partial charge in [0.05, 0.1) is 18.1 Å². The molecule has 0 fully saturated rings. The number of hydrogen-bond donors (Lipinski definition) is 0. The maximum Gasteiger partial charge on any atom is 0.240 e. The molecule has 6 nitrogen and oxygen atoms in total. The fourth-order valence-electron chi connectivity index (χ4n) is 4.18. The van der Waals surface area contributed by atoms with Gasteiger partial charge in [-0.15, -0.1) is 10.2 Å². The van der Waals surface area contributed by atoms with Gasteiger partial charge >= 0.3 is 0 Å². The molecule has 2 aromatic heterocycles. The summed E-state index contributed by atoms with van der Waals surface area (Å²) in [6.45, 7) is 4.63. The summed E-state index contributed by atoms with van der Waals surface area (Å²) in [5.41, 5.74) is 3.36. The van der Waals surface area contributed by atoms with Crippen molar-refractivity contribution < 1.29 is 9.21 Å². The van der Waals surface area contributed by atoms with Crippen LogP contribution >= 0.6 is 11.8 Å². The number of amides is 1. The van der Waals surface area contributed by atoms with Crippen molar-refractivity contribution in [3.05, 3.63) is 84.1 Å². The smallest absolute Gasteiger partial charge is 0.240 e. The van der Waals surface area contributed by atoms with Crippen LogP contribution in [0.25, 0.3) is 11.6 Å². The van der Waals surface area contributed by atoms with Gasteiger partial charge in [-0.05, 0) is 49.6 Å². The molecule has 0 aliphatic carbocycles. The van der Waals surface area contributed by atoms with Crippen LogP contribution in [0.2, 0.25) is 0 Å². The Hall–Kier alpha value is -3.32. The summed E-state index contributed by atoms with van der Waals surface area (Å²) < 4.78 is 7.61. The molecule has 0 spiro atoms. The van der Waals surface area contributed by atoms with Crippen LogP contribution in [0.1, 0.15) is 25.0 Å². The third kappa shape index (κ3) is 3.84. The molecule has 2 aromatic carbocycles. The van der Waals surface area contributed by atoms with Crippen LogP contribution in [0.5, 0.6) is 0 Å². The average Bonchev–Trinajstić information content (AvgIpc) is 3.53. The van der Waals surface area contributed by atoms with Crippen LogP contribution < -0.4 is 4.90 Å². The van der Waals surface area contributed by atoms with Gasteiger partial charge in [0.1, 0.15) is 0 Å². The van der Waals surface area contributed by atoms with Crippen LogP contribution in [0, 0.1) is 0 Å². The third-order valence-corrected chi connectivity index (χ3v) is 6.78. The standard InChI is InChI=1S/C25H24N4O2S/c1-17-15-20-11-6-7-12-21(20)29(17)24(30)18(2)32-25-27-26-23(22-13-8-14-31-22)28(25)16-19-9-4-3-5-10-19/h3-14,17-18H,15-16H2,1-2H3/t17-,18+/m0/s1. The Morgan fingerprint density at radius 1 is 1.09 bits per heavy atom. The Labute approximate surface area is 191 Å². The normalized spacial score (nSPS) is 16.2. The van der Waals surface area contributed by atoms with Gasteiger partial charge in [-0.2, -0.15) is 0 Å². The molecule has 162 valence electrons. The quantitative estimate of drug-likeness (QED) is 0.390. The molecule has 0 unspecified atom stereocenters. The molecule has 5 rings (SSSR count). The first-order chi connectivity index (χ1) is 15.6. The van der Waals surface area contributed by atoms with Crippen molar-refractivity contribution >= 4 is 23.4 Å². The molecule has 32 heavy (non-hydrogen) atoms. The fourth-order valence-corrected chi connectivity index (χ4v) is 5.08. The van der Waals surface area contributed by atoms with E-state index < -0.39 is 0 Å². The topological polar surface area (TPSA) is 64.2 Å². The maximum atomic E-state index is 13.5. The predicted octanol–water partition coefficient (Wildman–Crippen LogP) is 5.04. The molecular formula is C25H24N4O2S. The van der Waals surface area contributed by atoms with E-state index in [0.29, 0.717) is 23.3 Å². The van der Waals surface area contributed by atoms with Crippen molar-refractivity contribution in [2.75, 3.05) is 4.90 Å². The molecule has 1 amide bonds. The number of rotatable bonds is 6. The Bertz CT molecular complexity index is 1220. The first-order valence-electron chi connectivity index (χ1n) is 10.7. The van der Waals surface area contributed by atoms with Gasteiger partial charge in [0, 0.05) is 11.7 Å². The molecule has 0 saturated carbocycles. The lowest BCUT2D eigenvalue weighted by atomic mass is 10.1. The van der Waals surface area contributed by atoms with E-state index >= 15 is 0 Å². The number of benzene rings is 2. The Morgan fingerprint density at radius 2 is 1.88 bits per heavy atom. The molecule has 3 heterocycles. The molecule has 0 N–H and O–H groups in total. The van der Waals surface area contributed by atoms with Gasteiger partial charge < -0.3 is 9.32 Å². The average molecular weight is 445 g/mol. The monoisotopic (exact) mass is 444 g/mol. The SMILES string of the molecule is C[C@@H](Sc1nnc(-c2ccco2)n1Cc1ccccc1)C(=O)N1c2ccccc2C[C@@H]1C. The zero-order valence-electron chi connectivity index (χ0n) is 18.0. The number of nitrogens with zero attached hydrogens (tertiary/aromatic N) is 4. The van der Waals surface area contributed by atoms with E-state index in [4.69, 9.17) is 4.42 Å². The summed E-state index contributed by atoms with van der Waals surface area (Å²) in [4.78, 5) is 15.4. The van der Waals surface area contributed by atoms with Gasteiger partial charge in [0.2, 0.25) is 11.7 Å². The zero-order chi connectivity index (χ0) is 22.1. The highest BCUT2D eigenvalue weighted by Gasteiger charge is 2.34. The van der Waals surface area contributed by atoms with E-state index in [1.165, 1.54) is 17.3 Å². The van der Waals surface area contributed by atoms with Crippen LogP contribution in [0.3, 0.4) is 0 Å². The number of thioether (sulfide) groups is 1. The second kappa shape index (κ2) is 8.67. The van der Waals surface area contributed by atoms with Crippen molar-refractivity contribution in [1.29, 1.82) is 0 Å². The highest BCUT2D eigenvalue weighted by Crippen LogP contribution is 2.35. The van der Waals surface area contributed by atoms with Crippen molar-refractivity contribution in [1.82, 2.24) is 14.8 Å². The fraction of sp³-hybridized carbons (Fsp3) is 0.240. The Balaban J connectivity index is 1.43. The van der Waals surface area contributed by atoms with Gasteiger partial charge in [0.15, 0.2) is 10.9 Å². The van der Waals surface area contributed by atoms with E-state index in [1.807, 2.05) is 64.9 Å². The van der Waals surface area contributed by atoms with Crippen molar-refractivity contribution in [3.8, 4) is 11.6 Å². The highest BCUT2D eigenvalue weighted by atomic mass is 32.2. The minimum atomic E-state index is -0.313. The second-order valence-corrected chi connectivity index (χ2v) is 9.31. The molecule has 0 bridgehead atoms. The number of anilines is 1.